The molecule has 0 aliphatic rings. The lowest BCUT2D eigenvalue weighted by atomic mass is 10.0. The highest BCUT2D eigenvalue weighted by Crippen LogP contribution is 2.13. The second-order valence-corrected chi connectivity index (χ2v) is 7.95. The molecule has 0 radical (unpaired) electrons. The Kier molecular flexibility index (Phi) is 14.8. The van der Waals surface area contributed by atoms with Crippen LogP contribution in [0.15, 0.2) is 24.3 Å². The van der Waals surface area contributed by atoms with Crippen molar-refractivity contribution in [2.75, 3.05) is 18.5 Å². The van der Waals surface area contributed by atoms with Crippen molar-refractivity contribution in [3.8, 4) is 0 Å². The molecule has 0 saturated heterocycles. The summed E-state index contributed by atoms with van der Waals surface area (Å²) in [5.41, 5.74) is 1.59. The van der Waals surface area contributed by atoms with Crippen molar-refractivity contribution >= 4 is 17.4 Å². The van der Waals surface area contributed by atoms with Crippen LogP contribution in [0.3, 0.4) is 0 Å². The third kappa shape index (κ3) is 13.9. The first kappa shape index (κ1) is 25.2. The van der Waals surface area contributed by atoms with Gasteiger partial charge in [0.2, 0.25) is 0 Å². The van der Waals surface area contributed by atoms with Crippen LogP contribution in [0, 0.1) is 0 Å². The Morgan fingerprint density at radius 2 is 1.24 bits per heavy atom. The van der Waals surface area contributed by atoms with Crippen molar-refractivity contribution in [2.24, 2.45) is 0 Å². The molecule has 0 spiro atoms. The Balaban J connectivity index is 1.96. The predicted octanol–water partition coefficient (Wildman–Crippen LogP) is 6.94. The largest absolute Gasteiger partial charge is 0.457 e. The van der Waals surface area contributed by atoms with Gasteiger partial charge < -0.3 is 10.1 Å². The molecule has 0 amide bonds. The number of unbranched alkanes of at least 4 members (excludes halogenated alkanes) is 12. The van der Waals surface area contributed by atoms with E-state index in [9.17, 15) is 9.59 Å². The lowest BCUT2D eigenvalue weighted by Gasteiger charge is -2.08. The highest BCUT2D eigenvalue weighted by Gasteiger charge is 2.07. The summed E-state index contributed by atoms with van der Waals surface area (Å²) in [6.07, 6.45) is 17.7. The zero-order chi connectivity index (χ0) is 21.2. The van der Waals surface area contributed by atoms with Crippen LogP contribution in [-0.4, -0.2) is 24.9 Å². The van der Waals surface area contributed by atoms with Crippen molar-refractivity contribution in [1.82, 2.24) is 0 Å². The molecule has 4 heteroatoms. The fraction of sp³-hybridized carbons (Fsp3) is 0.680. The Morgan fingerprint density at radius 1 is 0.759 bits per heavy atom. The van der Waals surface area contributed by atoms with E-state index in [-0.39, 0.29) is 12.4 Å². The SMILES string of the molecule is CCCCCCCCCCCCCCCNc1ccc(C(=O)COC(C)=O)cc1. The fourth-order valence-corrected chi connectivity index (χ4v) is 3.40. The van der Waals surface area contributed by atoms with Crippen LogP contribution in [0.5, 0.6) is 0 Å². The summed E-state index contributed by atoms with van der Waals surface area (Å²) in [6.45, 7) is 4.34. The predicted molar refractivity (Wildman–Crippen MR) is 122 cm³/mol. The summed E-state index contributed by atoms with van der Waals surface area (Å²) in [5, 5.41) is 3.40. The smallest absolute Gasteiger partial charge is 0.303 e. The van der Waals surface area contributed by atoms with Gasteiger partial charge in [0.25, 0.3) is 0 Å². The van der Waals surface area contributed by atoms with Crippen molar-refractivity contribution in [3.05, 3.63) is 29.8 Å². The lowest BCUT2D eigenvalue weighted by molar-refractivity contribution is -0.139. The monoisotopic (exact) mass is 403 g/mol. The van der Waals surface area contributed by atoms with Crippen molar-refractivity contribution < 1.29 is 14.3 Å². The number of carbonyl (C=O) groups excluding carboxylic acids is 2. The van der Waals surface area contributed by atoms with Crippen molar-refractivity contribution in [3.63, 3.8) is 0 Å². The summed E-state index contributed by atoms with van der Waals surface area (Å²) in [7, 11) is 0. The first-order chi connectivity index (χ1) is 14.1. The third-order valence-corrected chi connectivity index (χ3v) is 5.22. The third-order valence-electron chi connectivity index (χ3n) is 5.22. The number of ether oxygens (including phenoxy) is 1. The van der Waals surface area contributed by atoms with Crippen molar-refractivity contribution in [2.45, 2.75) is 97.3 Å². The Bertz CT molecular complexity index is 554. The molecule has 0 aliphatic carbocycles. The van der Waals surface area contributed by atoms with Gasteiger partial charge in [0.05, 0.1) is 0 Å². The van der Waals surface area contributed by atoms with E-state index in [1.165, 1.54) is 90.4 Å². The van der Waals surface area contributed by atoms with E-state index in [0.717, 1.165) is 12.2 Å². The average molecular weight is 404 g/mol. The Hall–Kier alpha value is -1.84. The van der Waals surface area contributed by atoms with Crippen molar-refractivity contribution in [1.29, 1.82) is 0 Å². The molecular weight excluding hydrogens is 362 g/mol. The second-order valence-electron chi connectivity index (χ2n) is 7.95. The molecule has 1 aromatic rings. The quantitative estimate of drug-likeness (QED) is 0.164. The van der Waals surface area contributed by atoms with E-state index in [1.807, 2.05) is 12.1 Å². The number of rotatable bonds is 18. The first-order valence-corrected chi connectivity index (χ1v) is 11.6. The van der Waals surface area contributed by atoms with Gasteiger partial charge in [-0.1, -0.05) is 84.0 Å². The minimum Gasteiger partial charge on any atom is -0.457 e. The minimum atomic E-state index is -0.436. The van der Waals surface area contributed by atoms with E-state index >= 15 is 0 Å². The Labute approximate surface area is 177 Å². The summed E-state index contributed by atoms with van der Waals surface area (Å²) in [4.78, 5) is 22.6. The van der Waals surface area contributed by atoms with E-state index in [4.69, 9.17) is 4.74 Å². The van der Waals surface area contributed by atoms with E-state index in [1.54, 1.807) is 12.1 Å². The number of Topliss-reactive ketones (excluding diaryl/α,β-unsaturated/α-hetero) is 1. The van der Waals surface area contributed by atoms with Gasteiger partial charge in [-0.25, -0.2) is 0 Å². The normalized spacial score (nSPS) is 10.7. The molecule has 0 saturated carbocycles. The summed E-state index contributed by atoms with van der Waals surface area (Å²) in [6, 6.07) is 7.36. The molecule has 0 fully saturated rings. The van der Waals surface area contributed by atoms with Gasteiger partial charge in [-0.3, -0.25) is 9.59 Å². The number of hydrogen-bond acceptors (Lipinski definition) is 4. The molecule has 0 aliphatic heterocycles. The summed E-state index contributed by atoms with van der Waals surface area (Å²) < 4.78 is 4.74. The van der Waals surface area contributed by atoms with E-state index in [0.29, 0.717) is 5.56 Å². The zero-order valence-electron chi connectivity index (χ0n) is 18.6. The van der Waals surface area contributed by atoms with Crippen LogP contribution in [0.25, 0.3) is 0 Å². The molecule has 0 heterocycles. The molecule has 1 aromatic carbocycles. The van der Waals surface area contributed by atoms with Gasteiger partial charge in [-0.05, 0) is 30.7 Å². The highest BCUT2D eigenvalue weighted by molar-refractivity contribution is 5.98. The van der Waals surface area contributed by atoms with E-state index < -0.39 is 5.97 Å². The van der Waals surface area contributed by atoms with Gasteiger partial charge in [0.1, 0.15) is 0 Å². The first-order valence-electron chi connectivity index (χ1n) is 11.6. The number of hydrogen-bond donors (Lipinski definition) is 1. The second kappa shape index (κ2) is 17.1. The number of nitrogens with one attached hydrogen (secondary N) is 1. The van der Waals surface area contributed by atoms with Crippen LogP contribution < -0.4 is 5.32 Å². The van der Waals surface area contributed by atoms with Crippen LogP contribution in [-0.2, 0) is 9.53 Å². The summed E-state index contributed by atoms with van der Waals surface area (Å²) >= 11 is 0. The van der Waals surface area contributed by atoms with Gasteiger partial charge in [0.15, 0.2) is 12.4 Å². The number of carbonyl (C=O) groups is 2. The number of benzene rings is 1. The maximum absolute atomic E-state index is 11.9. The number of ketones is 1. The maximum atomic E-state index is 11.9. The molecule has 0 unspecified atom stereocenters. The van der Waals surface area contributed by atoms with Gasteiger partial charge in [0, 0.05) is 24.7 Å². The molecule has 0 bridgehead atoms. The molecule has 29 heavy (non-hydrogen) atoms. The molecular formula is C25H41NO3. The maximum Gasteiger partial charge on any atom is 0.303 e. The van der Waals surface area contributed by atoms with E-state index in [2.05, 4.69) is 12.2 Å². The van der Waals surface area contributed by atoms with Crippen LogP contribution in [0.1, 0.15) is 108 Å². The fourth-order valence-electron chi connectivity index (χ4n) is 3.40. The molecule has 1 rings (SSSR count). The molecule has 4 nitrogen and oxygen atoms in total. The molecule has 1 N–H and O–H groups in total. The Morgan fingerprint density at radius 3 is 1.72 bits per heavy atom. The van der Waals surface area contributed by atoms with Gasteiger partial charge in [-0.2, -0.15) is 0 Å². The average Bonchev–Trinajstić information content (AvgIpc) is 2.72. The number of anilines is 1. The number of esters is 1. The van der Waals surface area contributed by atoms with Gasteiger partial charge in [-0.15, -0.1) is 0 Å². The standard InChI is InChI=1S/C25H41NO3/c1-3-4-5-6-7-8-9-10-11-12-13-14-15-20-26-24-18-16-23(17-19-24)25(28)21-29-22(2)27/h16-19,26H,3-15,20-21H2,1-2H3. The van der Waals surface area contributed by atoms with Crippen LogP contribution in [0.4, 0.5) is 5.69 Å². The highest BCUT2D eigenvalue weighted by atomic mass is 16.5. The van der Waals surface area contributed by atoms with Crippen LogP contribution >= 0.6 is 0 Å². The summed E-state index contributed by atoms with van der Waals surface area (Å²) in [5.74, 6) is -0.613. The van der Waals surface area contributed by atoms with Crippen LogP contribution in [0.2, 0.25) is 0 Å². The zero-order valence-corrected chi connectivity index (χ0v) is 18.6. The minimum absolute atomic E-state index is 0.178. The van der Waals surface area contributed by atoms with Gasteiger partial charge >= 0.3 is 5.97 Å². The molecule has 0 aromatic heterocycles. The molecule has 164 valence electrons. The topological polar surface area (TPSA) is 55.4 Å². The molecule has 0 atom stereocenters. The lowest BCUT2D eigenvalue weighted by Crippen LogP contribution is -2.11.